The summed E-state index contributed by atoms with van der Waals surface area (Å²) in [5.74, 6) is 1.38. The zero-order valence-electron chi connectivity index (χ0n) is 13.0. The molecule has 0 saturated heterocycles. The Morgan fingerprint density at radius 2 is 2.00 bits per heavy atom. The van der Waals surface area contributed by atoms with Gasteiger partial charge in [-0.05, 0) is 5.56 Å². The van der Waals surface area contributed by atoms with E-state index in [1.54, 1.807) is 6.20 Å². The number of hydrogen-bond donors (Lipinski definition) is 3. The van der Waals surface area contributed by atoms with Gasteiger partial charge < -0.3 is 5.32 Å². The van der Waals surface area contributed by atoms with Crippen molar-refractivity contribution < 1.29 is 4.79 Å². The third-order valence-corrected chi connectivity index (χ3v) is 3.43. The molecule has 3 N–H and O–H groups in total. The maximum absolute atomic E-state index is 12.4. The normalized spacial score (nSPS) is 10.9. The number of carbonyl (C=O) groups excluding carboxylic acids is 1. The topological polar surface area (TPSA) is 99.3 Å². The van der Waals surface area contributed by atoms with Crippen LogP contribution in [0.25, 0.3) is 11.1 Å². The van der Waals surface area contributed by atoms with E-state index in [0.29, 0.717) is 11.5 Å². The van der Waals surface area contributed by atoms with E-state index < -0.39 is 0 Å². The number of hydrogen-bond acceptors (Lipinski definition) is 4. The van der Waals surface area contributed by atoms with Gasteiger partial charge in [-0.25, -0.2) is 4.98 Å². The molecule has 0 aliphatic carbocycles. The average Bonchev–Trinajstić information content (AvgIpc) is 3.23. The Morgan fingerprint density at radius 1 is 1.22 bits per heavy atom. The van der Waals surface area contributed by atoms with Crippen molar-refractivity contribution in [2.45, 2.75) is 26.3 Å². The Balaban J connectivity index is 1.71. The quantitative estimate of drug-likeness (QED) is 0.673. The van der Waals surface area contributed by atoms with Crippen LogP contribution >= 0.6 is 0 Å². The number of carbonyl (C=O) groups is 1. The zero-order chi connectivity index (χ0) is 16.2. The summed E-state index contributed by atoms with van der Waals surface area (Å²) in [5.41, 5.74) is 2.14. The summed E-state index contributed by atoms with van der Waals surface area (Å²) in [7, 11) is 0. The molecule has 1 aromatic carbocycles. The van der Waals surface area contributed by atoms with Gasteiger partial charge in [0.25, 0.3) is 5.91 Å². The number of rotatable bonds is 5. The maximum atomic E-state index is 12.4. The molecule has 3 rings (SSSR count). The Labute approximate surface area is 133 Å². The first-order valence-electron chi connectivity index (χ1n) is 7.43. The van der Waals surface area contributed by atoms with Gasteiger partial charge in [-0.1, -0.05) is 44.2 Å². The van der Waals surface area contributed by atoms with E-state index in [4.69, 9.17) is 0 Å². The lowest BCUT2D eigenvalue weighted by atomic mass is 10.1. The van der Waals surface area contributed by atoms with Gasteiger partial charge in [-0.3, -0.25) is 15.0 Å². The molecule has 0 unspecified atom stereocenters. The summed E-state index contributed by atoms with van der Waals surface area (Å²) in [6.45, 7) is 4.32. The van der Waals surface area contributed by atoms with Gasteiger partial charge in [0.15, 0.2) is 5.82 Å². The number of aromatic nitrogens is 5. The minimum absolute atomic E-state index is 0.233. The van der Waals surface area contributed by atoms with Crippen molar-refractivity contribution in [3.63, 3.8) is 0 Å². The van der Waals surface area contributed by atoms with E-state index in [9.17, 15) is 4.79 Å². The van der Waals surface area contributed by atoms with Gasteiger partial charge >= 0.3 is 0 Å². The molecule has 118 valence electrons. The summed E-state index contributed by atoms with van der Waals surface area (Å²) in [5, 5.41) is 16.5. The number of nitrogens with one attached hydrogen (secondary N) is 3. The second kappa shape index (κ2) is 6.43. The SMILES string of the molecule is CC(C)c1n[nH]c(CNC(=O)c2[nH]ncc2-c2ccccc2)n1. The first-order chi connectivity index (χ1) is 11.1. The van der Waals surface area contributed by atoms with Gasteiger partial charge in [0, 0.05) is 11.5 Å². The van der Waals surface area contributed by atoms with Crippen LogP contribution in [0.1, 0.15) is 41.9 Å². The van der Waals surface area contributed by atoms with Crippen LogP contribution in [-0.4, -0.2) is 31.3 Å². The van der Waals surface area contributed by atoms with Crippen LogP contribution < -0.4 is 5.32 Å². The first kappa shape index (κ1) is 15.0. The molecule has 0 saturated carbocycles. The smallest absolute Gasteiger partial charge is 0.270 e. The molecule has 0 aliphatic rings. The highest BCUT2D eigenvalue weighted by Gasteiger charge is 2.15. The zero-order valence-corrected chi connectivity index (χ0v) is 13.0. The van der Waals surface area contributed by atoms with Crippen LogP contribution in [0.15, 0.2) is 36.5 Å². The van der Waals surface area contributed by atoms with Crippen LogP contribution in [0.4, 0.5) is 0 Å². The van der Waals surface area contributed by atoms with E-state index in [0.717, 1.165) is 17.0 Å². The number of nitrogens with zero attached hydrogens (tertiary/aromatic N) is 3. The van der Waals surface area contributed by atoms with E-state index >= 15 is 0 Å². The average molecular weight is 310 g/mol. The fourth-order valence-corrected chi connectivity index (χ4v) is 2.20. The van der Waals surface area contributed by atoms with E-state index in [1.165, 1.54) is 0 Å². The minimum atomic E-state index is -0.233. The molecule has 0 bridgehead atoms. The molecule has 0 aliphatic heterocycles. The molecule has 0 fully saturated rings. The summed E-state index contributed by atoms with van der Waals surface area (Å²) in [6.07, 6.45) is 1.65. The fourth-order valence-electron chi connectivity index (χ4n) is 2.20. The molecule has 0 spiro atoms. The third-order valence-electron chi connectivity index (χ3n) is 3.43. The number of amides is 1. The van der Waals surface area contributed by atoms with Crippen molar-refractivity contribution in [1.82, 2.24) is 30.7 Å². The molecule has 2 aromatic heterocycles. The van der Waals surface area contributed by atoms with Crippen LogP contribution in [0.2, 0.25) is 0 Å². The highest BCUT2D eigenvalue weighted by molar-refractivity contribution is 5.98. The van der Waals surface area contributed by atoms with Crippen LogP contribution in [0.5, 0.6) is 0 Å². The molecular weight excluding hydrogens is 292 g/mol. The van der Waals surface area contributed by atoms with Crippen molar-refractivity contribution in [1.29, 1.82) is 0 Å². The van der Waals surface area contributed by atoms with Crippen molar-refractivity contribution >= 4 is 5.91 Å². The molecule has 7 nitrogen and oxygen atoms in total. The lowest BCUT2D eigenvalue weighted by Crippen LogP contribution is -2.24. The number of aromatic amines is 2. The van der Waals surface area contributed by atoms with Crippen molar-refractivity contribution in [2.24, 2.45) is 0 Å². The largest absolute Gasteiger partial charge is 0.343 e. The van der Waals surface area contributed by atoms with Crippen molar-refractivity contribution in [3.05, 3.63) is 53.9 Å². The maximum Gasteiger partial charge on any atom is 0.270 e. The van der Waals surface area contributed by atoms with E-state index in [-0.39, 0.29) is 18.4 Å². The molecular formula is C16H18N6O. The van der Waals surface area contributed by atoms with Crippen molar-refractivity contribution in [2.75, 3.05) is 0 Å². The molecule has 7 heteroatoms. The molecule has 3 aromatic rings. The van der Waals surface area contributed by atoms with Crippen LogP contribution in [-0.2, 0) is 6.54 Å². The van der Waals surface area contributed by atoms with Gasteiger partial charge in [0.2, 0.25) is 0 Å². The van der Waals surface area contributed by atoms with E-state index in [2.05, 4.69) is 30.7 Å². The highest BCUT2D eigenvalue weighted by Crippen LogP contribution is 2.21. The molecule has 23 heavy (non-hydrogen) atoms. The van der Waals surface area contributed by atoms with E-state index in [1.807, 2.05) is 44.2 Å². The van der Waals surface area contributed by atoms with Crippen LogP contribution in [0.3, 0.4) is 0 Å². The summed E-state index contributed by atoms with van der Waals surface area (Å²) >= 11 is 0. The van der Waals surface area contributed by atoms with Gasteiger partial charge in [0.1, 0.15) is 11.5 Å². The van der Waals surface area contributed by atoms with Crippen LogP contribution in [0, 0.1) is 0 Å². The van der Waals surface area contributed by atoms with Gasteiger partial charge in [-0.15, -0.1) is 0 Å². The lowest BCUT2D eigenvalue weighted by molar-refractivity contribution is 0.0945. The molecule has 0 radical (unpaired) electrons. The number of benzene rings is 1. The summed E-state index contributed by atoms with van der Waals surface area (Å²) in [6, 6.07) is 9.65. The monoisotopic (exact) mass is 310 g/mol. The Hall–Kier alpha value is -2.96. The first-order valence-corrected chi connectivity index (χ1v) is 7.43. The summed E-state index contributed by atoms with van der Waals surface area (Å²) in [4.78, 5) is 16.7. The minimum Gasteiger partial charge on any atom is -0.343 e. The third kappa shape index (κ3) is 3.28. The Kier molecular flexibility index (Phi) is 4.18. The van der Waals surface area contributed by atoms with Crippen molar-refractivity contribution in [3.8, 4) is 11.1 Å². The highest BCUT2D eigenvalue weighted by atomic mass is 16.1. The molecule has 2 heterocycles. The molecule has 1 amide bonds. The second-order valence-electron chi connectivity index (χ2n) is 5.50. The standard InChI is InChI=1S/C16H18N6O/c1-10(2)15-19-13(20-22-15)9-17-16(23)14-12(8-18-21-14)11-6-4-3-5-7-11/h3-8,10H,9H2,1-2H3,(H,17,23)(H,18,21)(H,19,20,22). The second-order valence-corrected chi connectivity index (χ2v) is 5.50. The number of H-pyrrole nitrogens is 2. The Morgan fingerprint density at radius 3 is 2.70 bits per heavy atom. The summed E-state index contributed by atoms with van der Waals surface area (Å²) < 4.78 is 0. The van der Waals surface area contributed by atoms with Gasteiger partial charge in [-0.2, -0.15) is 10.2 Å². The lowest BCUT2D eigenvalue weighted by Gasteiger charge is -2.04. The fraction of sp³-hybridized carbons (Fsp3) is 0.250. The molecule has 0 atom stereocenters. The van der Waals surface area contributed by atoms with Gasteiger partial charge in [0.05, 0.1) is 12.7 Å². The predicted molar refractivity (Wildman–Crippen MR) is 85.7 cm³/mol. The predicted octanol–water partition coefficient (Wildman–Crippen LogP) is 2.25. The Bertz CT molecular complexity index is 790.